The molecule has 3 aromatic rings. The minimum Gasteiger partial charge on any atom is -0.379 e. The molecule has 1 N–H and O–H groups in total. The summed E-state index contributed by atoms with van der Waals surface area (Å²) in [7, 11) is 0. The van der Waals surface area contributed by atoms with Crippen molar-refractivity contribution in [2.75, 3.05) is 39.4 Å². The number of hydrogen-bond acceptors (Lipinski definition) is 4. The van der Waals surface area contributed by atoms with Gasteiger partial charge in [-0.2, -0.15) is 0 Å². The Labute approximate surface area is 211 Å². The standard InChI is InChI=1S/C26H30ClN5OS/c1-18-17-20(19(2)32(18)23-9-4-3-7-21(23)27)25-24(22-8-5-6-10-28-22)29-26(34)31(25)12-11-30-13-15-33-16-14-30/h3-10,17,24-25H,11-16H2,1-2H3,(H,29,34)/t24-,25-/m1/s1. The van der Waals surface area contributed by atoms with E-state index in [-0.39, 0.29) is 12.1 Å². The summed E-state index contributed by atoms with van der Waals surface area (Å²) >= 11 is 12.5. The molecule has 2 aromatic heterocycles. The Bertz CT molecular complexity index is 1160. The molecule has 0 saturated carbocycles. The normalized spacial score (nSPS) is 21.1. The Morgan fingerprint density at radius 1 is 1.09 bits per heavy atom. The monoisotopic (exact) mass is 495 g/mol. The van der Waals surface area contributed by atoms with Crippen molar-refractivity contribution in [2.24, 2.45) is 0 Å². The van der Waals surface area contributed by atoms with Crippen molar-refractivity contribution < 1.29 is 4.74 Å². The van der Waals surface area contributed by atoms with Gasteiger partial charge >= 0.3 is 0 Å². The predicted molar refractivity (Wildman–Crippen MR) is 140 cm³/mol. The van der Waals surface area contributed by atoms with Gasteiger partial charge in [-0.25, -0.2) is 0 Å². The quantitative estimate of drug-likeness (QED) is 0.510. The van der Waals surface area contributed by atoms with Crippen LogP contribution < -0.4 is 5.32 Å². The van der Waals surface area contributed by atoms with Gasteiger partial charge in [-0.1, -0.05) is 29.8 Å². The molecule has 8 heteroatoms. The number of aromatic nitrogens is 2. The molecule has 0 amide bonds. The van der Waals surface area contributed by atoms with E-state index < -0.39 is 0 Å². The largest absolute Gasteiger partial charge is 0.379 e. The van der Waals surface area contributed by atoms with Crippen molar-refractivity contribution in [2.45, 2.75) is 25.9 Å². The van der Waals surface area contributed by atoms with Crippen molar-refractivity contribution in [3.05, 3.63) is 82.4 Å². The Morgan fingerprint density at radius 3 is 2.59 bits per heavy atom. The van der Waals surface area contributed by atoms with Crippen LogP contribution in [0.4, 0.5) is 0 Å². The molecule has 5 rings (SSSR count). The van der Waals surface area contributed by atoms with Crippen molar-refractivity contribution in [3.63, 3.8) is 0 Å². The van der Waals surface area contributed by atoms with Gasteiger partial charge < -0.3 is 19.5 Å². The summed E-state index contributed by atoms with van der Waals surface area (Å²) in [4.78, 5) is 9.47. The van der Waals surface area contributed by atoms with Crippen LogP contribution in [-0.2, 0) is 4.74 Å². The van der Waals surface area contributed by atoms with E-state index in [4.69, 9.17) is 28.6 Å². The molecule has 2 aliphatic heterocycles. The summed E-state index contributed by atoms with van der Waals surface area (Å²) in [6.45, 7) is 9.60. The molecule has 2 saturated heterocycles. The first-order valence-electron chi connectivity index (χ1n) is 11.8. The lowest BCUT2D eigenvalue weighted by molar-refractivity contribution is 0.0350. The predicted octanol–water partition coefficient (Wildman–Crippen LogP) is 4.45. The van der Waals surface area contributed by atoms with E-state index in [1.807, 2.05) is 36.5 Å². The molecule has 34 heavy (non-hydrogen) atoms. The van der Waals surface area contributed by atoms with Crippen molar-refractivity contribution in [1.82, 2.24) is 24.7 Å². The zero-order chi connectivity index (χ0) is 23.7. The fourth-order valence-electron chi connectivity index (χ4n) is 5.15. The summed E-state index contributed by atoms with van der Waals surface area (Å²) in [6.07, 6.45) is 1.85. The average molecular weight is 496 g/mol. The molecule has 2 aliphatic rings. The van der Waals surface area contributed by atoms with Gasteiger partial charge in [0, 0.05) is 43.8 Å². The van der Waals surface area contributed by atoms with Crippen LogP contribution in [0.1, 0.15) is 34.7 Å². The van der Waals surface area contributed by atoms with E-state index in [0.717, 1.165) is 66.6 Å². The number of nitrogens with one attached hydrogen (secondary N) is 1. The molecule has 178 valence electrons. The topological polar surface area (TPSA) is 45.6 Å². The van der Waals surface area contributed by atoms with Gasteiger partial charge in [0.25, 0.3) is 0 Å². The highest BCUT2D eigenvalue weighted by atomic mass is 35.5. The highest BCUT2D eigenvalue weighted by Crippen LogP contribution is 2.41. The maximum Gasteiger partial charge on any atom is 0.170 e. The van der Waals surface area contributed by atoms with Crippen LogP contribution >= 0.6 is 23.8 Å². The second-order valence-corrected chi connectivity index (χ2v) is 9.68. The number of aryl methyl sites for hydroxylation is 1. The molecular formula is C26H30ClN5OS. The lowest BCUT2D eigenvalue weighted by atomic mass is 9.96. The fraction of sp³-hybridized carbons (Fsp3) is 0.385. The van der Waals surface area contributed by atoms with Crippen LogP contribution in [0.15, 0.2) is 54.7 Å². The minimum atomic E-state index is -0.0291. The van der Waals surface area contributed by atoms with Gasteiger partial charge in [-0.3, -0.25) is 9.88 Å². The maximum atomic E-state index is 6.59. The summed E-state index contributed by atoms with van der Waals surface area (Å²) in [6, 6.07) is 16.3. The van der Waals surface area contributed by atoms with Gasteiger partial charge in [0.2, 0.25) is 0 Å². The Hall–Kier alpha value is -2.45. The van der Waals surface area contributed by atoms with E-state index in [0.29, 0.717) is 0 Å². The van der Waals surface area contributed by atoms with Crippen molar-refractivity contribution in [3.8, 4) is 5.69 Å². The van der Waals surface area contributed by atoms with Crippen LogP contribution in [0.25, 0.3) is 5.69 Å². The number of halogens is 1. The number of nitrogens with zero attached hydrogens (tertiary/aromatic N) is 4. The third-order valence-electron chi connectivity index (χ3n) is 6.84. The molecule has 0 spiro atoms. The Balaban J connectivity index is 1.53. The number of rotatable bonds is 6. The number of morpholine rings is 1. The molecule has 0 radical (unpaired) electrons. The first kappa shape index (κ1) is 23.3. The lowest BCUT2D eigenvalue weighted by Gasteiger charge is -2.32. The van der Waals surface area contributed by atoms with E-state index in [1.54, 1.807) is 0 Å². The van der Waals surface area contributed by atoms with Gasteiger partial charge in [-0.15, -0.1) is 0 Å². The summed E-state index contributed by atoms with van der Waals surface area (Å²) in [5, 5.41) is 5.09. The highest BCUT2D eigenvalue weighted by Gasteiger charge is 2.41. The molecule has 1 aromatic carbocycles. The van der Waals surface area contributed by atoms with E-state index in [1.165, 1.54) is 11.3 Å². The molecule has 0 unspecified atom stereocenters. The SMILES string of the molecule is Cc1cc([C@@H]2[C@@H](c3ccccn3)NC(=S)N2CCN2CCOCC2)c(C)n1-c1ccccc1Cl. The molecule has 0 bridgehead atoms. The second-order valence-electron chi connectivity index (χ2n) is 8.89. The zero-order valence-corrected chi connectivity index (χ0v) is 21.1. The van der Waals surface area contributed by atoms with Crippen LogP contribution in [0.5, 0.6) is 0 Å². The number of thiocarbonyl (C=S) groups is 1. The number of para-hydroxylation sites is 1. The van der Waals surface area contributed by atoms with E-state index in [9.17, 15) is 0 Å². The van der Waals surface area contributed by atoms with Gasteiger partial charge in [-0.05, 0) is 62.0 Å². The van der Waals surface area contributed by atoms with E-state index >= 15 is 0 Å². The molecule has 4 heterocycles. The van der Waals surface area contributed by atoms with E-state index in [2.05, 4.69) is 56.7 Å². The third kappa shape index (κ3) is 4.45. The van der Waals surface area contributed by atoms with Crippen LogP contribution in [0.3, 0.4) is 0 Å². The number of ether oxygens (including phenoxy) is 1. The van der Waals surface area contributed by atoms with Crippen LogP contribution in [-0.4, -0.2) is 63.9 Å². The number of pyridine rings is 1. The number of benzene rings is 1. The van der Waals surface area contributed by atoms with Gasteiger partial charge in [0.05, 0.1) is 41.7 Å². The fourth-order valence-corrected chi connectivity index (χ4v) is 5.70. The molecule has 6 nitrogen and oxygen atoms in total. The smallest absolute Gasteiger partial charge is 0.170 e. The molecular weight excluding hydrogens is 466 g/mol. The third-order valence-corrected chi connectivity index (χ3v) is 7.51. The first-order valence-corrected chi connectivity index (χ1v) is 12.5. The molecule has 2 fully saturated rings. The van der Waals surface area contributed by atoms with Gasteiger partial charge in [0.1, 0.15) is 0 Å². The minimum absolute atomic E-state index is 0.0291. The highest BCUT2D eigenvalue weighted by molar-refractivity contribution is 7.80. The average Bonchev–Trinajstić information content (AvgIpc) is 3.34. The lowest BCUT2D eigenvalue weighted by Crippen LogP contribution is -2.42. The first-order chi connectivity index (χ1) is 16.5. The Kier molecular flexibility index (Phi) is 6.88. The Morgan fingerprint density at radius 2 is 1.85 bits per heavy atom. The molecule has 2 atom stereocenters. The van der Waals surface area contributed by atoms with Crippen molar-refractivity contribution in [1.29, 1.82) is 0 Å². The summed E-state index contributed by atoms with van der Waals surface area (Å²) < 4.78 is 7.77. The number of hydrogen-bond donors (Lipinski definition) is 1. The van der Waals surface area contributed by atoms with Crippen molar-refractivity contribution >= 4 is 28.9 Å². The summed E-state index contributed by atoms with van der Waals surface area (Å²) in [5.74, 6) is 0. The van der Waals surface area contributed by atoms with Gasteiger partial charge in [0.15, 0.2) is 5.11 Å². The maximum absolute atomic E-state index is 6.59. The molecule has 0 aliphatic carbocycles. The second kappa shape index (κ2) is 10.0. The zero-order valence-electron chi connectivity index (χ0n) is 19.6. The van der Waals surface area contributed by atoms with Crippen LogP contribution in [0, 0.1) is 13.8 Å². The van der Waals surface area contributed by atoms with Crippen LogP contribution in [0.2, 0.25) is 5.02 Å². The summed E-state index contributed by atoms with van der Waals surface area (Å²) in [5.41, 5.74) is 5.53.